The maximum atomic E-state index is 11.5. The standard InChI is InChI=1S/C13H11Cl2NO3S/c14-10-3-1-2-9(6-10)8-19-12-5-4-11(15)7-13(12)20(16,17)18/h1-7H,8H2,(H2,16,17,18). The zero-order valence-corrected chi connectivity index (χ0v) is 12.5. The van der Waals surface area contributed by atoms with E-state index in [9.17, 15) is 8.42 Å². The average molecular weight is 332 g/mol. The van der Waals surface area contributed by atoms with Crippen molar-refractivity contribution in [3.63, 3.8) is 0 Å². The molecule has 2 aromatic carbocycles. The molecule has 0 aliphatic carbocycles. The third kappa shape index (κ3) is 3.86. The van der Waals surface area contributed by atoms with Crippen molar-refractivity contribution in [2.45, 2.75) is 11.5 Å². The summed E-state index contributed by atoms with van der Waals surface area (Å²) in [6, 6.07) is 11.3. The Bertz CT molecular complexity index is 732. The minimum Gasteiger partial charge on any atom is -0.487 e. The SMILES string of the molecule is NS(=O)(=O)c1cc(Cl)ccc1OCc1cccc(Cl)c1. The van der Waals surface area contributed by atoms with Crippen LogP contribution in [0.25, 0.3) is 0 Å². The van der Waals surface area contributed by atoms with Crippen molar-refractivity contribution in [1.82, 2.24) is 0 Å². The number of benzene rings is 2. The quantitative estimate of drug-likeness (QED) is 0.935. The molecule has 20 heavy (non-hydrogen) atoms. The van der Waals surface area contributed by atoms with Gasteiger partial charge in [-0.1, -0.05) is 35.3 Å². The van der Waals surface area contributed by atoms with E-state index in [1.807, 2.05) is 6.07 Å². The molecule has 0 saturated carbocycles. The van der Waals surface area contributed by atoms with Gasteiger partial charge in [-0.3, -0.25) is 0 Å². The van der Waals surface area contributed by atoms with Crippen LogP contribution in [0.5, 0.6) is 5.75 Å². The topological polar surface area (TPSA) is 69.4 Å². The molecule has 0 aliphatic heterocycles. The van der Waals surface area contributed by atoms with Crippen LogP contribution in [0.4, 0.5) is 0 Å². The highest BCUT2D eigenvalue weighted by molar-refractivity contribution is 7.89. The van der Waals surface area contributed by atoms with Crippen molar-refractivity contribution in [3.8, 4) is 5.75 Å². The normalized spacial score (nSPS) is 11.3. The number of nitrogens with two attached hydrogens (primary N) is 1. The molecular weight excluding hydrogens is 321 g/mol. The third-order valence-electron chi connectivity index (χ3n) is 2.50. The van der Waals surface area contributed by atoms with E-state index in [4.69, 9.17) is 33.1 Å². The van der Waals surface area contributed by atoms with Crippen LogP contribution in [0, 0.1) is 0 Å². The van der Waals surface area contributed by atoms with Gasteiger partial charge >= 0.3 is 0 Å². The molecule has 0 spiro atoms. The molecule has 0 saturated heterocycles. The third-order valence-corrected chi connectivity index (χ3v) is 3.90. The van der Waals surface area contributed by atoms with Crippen LogP contribution < -0.4 is 9.88 Å². The summed E-state index contributed by atoms with van der Waals surface area (Å²) in [5.74, 6) is 0.150. The van der Waals surface area contributed by atoms with Crippen LogP contribution in [-0.4, -0.2) is 8.42 Å². The summed E-state index contributed by atoms with van der Waals surface area (Å²) in [5, 5.41) is 5.98. The molecule has 0 amide bonds. The number of hydrogen-bond acceptors (Lipinski definition) is 3. The fraction of sp³-hybridized carbons (Fsp3) is 0.0769. The maximum Gasteiger partial charge on any atom is 0.241 e. The van der Waals surface area contributed by atoms with Gasteiger partial charge in [0.2, 0.25) is 10.0 Å². The average Bonchev–Trinajstić information content (AvgIpc) is 2.36. The van der Waals surface area contributed by atoms with Crippen LogP contribution in [-0.2, 0) is 16.6 Å². The molecule has 0 fully saturated rings. The van der Waals surface area contributed by atoms with E-state index in [2.05, 4.69) is 0 Å². The lowest BCUT2D eigenvalue weighted by molar-refractivity contribution is 0.298. The van der Waals surface area contributed by atoms with Crippen molar-refractivity contribution in [1.29, 1.82) is 0 Å². The first kappa shape index (κ1) is 15.1. The lowest BCUT2D eigenvalue weighted by Gasteiger charge is -2.10. The summed E-state index contributed by atoms with van der Waals surface area (Å²) in [6.07, 6.45) is 0. The van der Waals surface area contributed by atoms with E-state index >= 15 is 0 Å². The molecule has 7 heteroatoms. The van der Waals surface area contributed by atoms with Crippen molar-refractivity contribution in [2.24, 2.45) is 5.14 Å². The van der Waals surface area contributed by atoms with Gasteiger partial charge in [-0.05, 0) is 35.9 Å². The van der Waals surface area contributed by atoms with Crippen molar-refractivity contribution in [3.05, 3.63) is 58.1 Å². The van der Waals surface area contributed by atoms with E-state index < -0.39 is 10.0 Å². The summed E-state index contributed by atoms with van der Waals surface area (Å²) in [6.45, 7) is 0.171. The predicted molar refractivity (Wildman–Crippen MR) is 78.6 cm³/mol. The number of ether oxygens (including phenoxy) is 1. The molecule has 0 aromatic heterocycles. The van der Waals surface area contributed by atoms with Crippen molar-refractivity contribution < 1.29 is 13.2 Å². The van der Waals surface area contributed by atoms with Gasteiger partial charge in [-0.2, -0.15) is 0 Å². The molecule has 106 valence electrons. The molecule has 0 radical (unpaired) electrons. The minimum absolute atomic E-state index is 0.146. The largest absolute Gasteiger partial charge is 0.487 e. The molecule has 0 heterocycles. The smallest absolute Gasteiger partial charge is 0.241 e. The number of hydrogen-bond donors (Lipinski definition) is 1. The zero-order valence-electron chi connectivity index (χ0n) is 10.2. The fourth-order valence-corrected chi connectivity index (χ4v) is 2.76. The van der Waals surface area contributed by atoms with Crippen molar-refractivity contribution in [2.75, 3.05) is 0 Å². The second-order valence-corrected chi connectivity index (χ2v) is 6.46. The van der Waals surface area contributed by atoms with Crippen LogP contribution in [0.3, 0.4) is 0 Å². The molecule has 0 unspecified atom stereocenters. The first-order valence-corrected chi connectivity index (χ1v) is 7.86. The molecule has 2 rings (SSSR count). The summed E-state index contributed by atoms with van der Waals surface area (Å²) in [7, 11) is -3.90. The molecule has 0 bridgehead atoms. The molecule has 2 aromatic rings. The van der Waals surface area contributed by atoms with Crippen LogP contribution in [0.15, 0.2) is 47.4 Å². The second kappa shape index (κ2) is 6.01. The Morgan fingerprint density at radius 1 is 1.05 bits per heavy atom. The Labute approximate surface area is 127 Å². The van der Waals surface area contributed by atoms with E-state index in [1.165, 1.54) is 18.2 Å². The Morgan fingerprint density at radius 2 is 1.75 bits per heavy atom. The predicted octanol–water partition coefficient (Wildman–Crippen LogP) is 3.22. The molecule has 0 aliphatic rings. The molecule has 0 atom stereocenters. The van der Waals surface area contributed by atoms with Gasteiger partial charge in [0.1, 0.15) is 17.3 Å². The van der Waals surface area contributed by atoms with Gasteiger partial charge in [-0.25, -0.2) is 13.6 Å². The minimum atomic E-state index is -3.90. The van der Waals surface area contributed by atoms with E-state index in [-0.39, 0.29) is 22.3 Å². The highest BCUT2D eigenvalue weighted by atomic mass is 35.5. The van der Waals surface area contributed by atoms with Gasteiger partial charge in [0.15, 0.2) is 0 Å². The van der Waals surface area contributed by atoms with Gasteiger partial charge in [0.25, 0.3) is 0 Å². The summed E-state index contributed by atoms with van der Waals surface area (Å²) >= 11 is 11.6. The maximum absolute atomic E-state index is 11.5. The Morgan fingerprint density at radius 3 is 2.40 bits per heavy atom. The number of halogens is 2. The fourth-order valence-electron chi connectivity index (χ4n) is 1.61. The number of sulfonamides is 1. The van der Waals surface area contributed by atoms with Gasteiger partial charge < -0.3 is 4.74 Å². The van der Waals surface area contributed by atoms with E-state index in [0.717, 1.165) is 5.56 Å². The number of primary sulfonamides is 1. The van der Waals surface area contributed by atoms with Crippen LogP contribution in [0.2, 0.25) is 10.0 Å². The Balaban J connectivity index is 2.26. The van der Waals surface area contributed by atoms with Gasteiger partial charge in [-0.15, -0.1) is 0 Å². The molecular formula is C13H11Cl2NO3S. The summed E-state index contributed by atoms with van der Waals surface area (Å²) in [5.41, 5.74) is 0.813. The van der Waals surface area contributed by atoms with Gasteiger partial charge in [0.05, 0.1) is 0 Å². The summed E-state index contributed by atoms with van der Waals surface area (Å²) < 4.78 is 28.5. The first-order chi connectivity index (χ1) is 9.36. The number of rotatable bonds is 4. The van der Waals surface area contributed by atoms with E-state index in [0.29, 0.717) is 5.02 Å². The second-order valence-electron chi connectivity index (χ2n) is 4.05. The Kier molecular flexibility index (Phi) is 4.55. The lowest BCUT2D eigenvalue weighted by Crippen LogP contribution is -2.14. The molecule has 2 N–H and O–H groups in total. The van der Waals surface area contributed by atoms with E-state index in [1.54, 1.807) is 18.2 Å². The highest BCUT2D eigenvalue weighted by Crippen LogP contribution is 2.27. The Hall–Kier alpha value is -1.27. The summed E-state index contributed by atoms with van der Waals surface area (Å²) in [4.78, 5) is -0.146. The molecule has 4 nitrogen and oxygen atoms in total. The zero-order chi connectivity index (χ0) is 14.8. The van der Waals surface area contributed by atoms with Crippen LogP contribution >= 0.6 is 23.2 Å². The first-order valence-electron chi connectivity index (χ1n) is 5.56. The highest BCUT2D eigenvalue weighted by Gasteiger charge is 2.16. The monoisotopic (exact) mass is 331 g/mol. The lowest BCUT2D eigenvalue weighted by atomic mass is 10.2. The van der Waals surface area contributed by atoms with Gasteiger partial charge in [0, 0.05) is 10.0 Å². The van der Waals surface area contributed by atoms with Crippen LogP contribution in [0.1, 0.15) is 5.56 Å². The van der Waals surface area contributed by atoms with Crippen molar-refractivity contribution >= 4 is 33.2 Å².